The summed E-state index contributed by atoms with van der Waals surface area (Å²) in [5.74, 6) is -0.0965. The highest BCUT2D eigenvalue weighted by Crippen LogP contribution is 2.29. The van der Waals surface area contributed by atoms with Gasteiger partial charge in [-0.05, 0) is 38.0 Å². The Labute approximate surface area is 157 Å². The topological polar surface area (TPSA) is 45.2 Å². The second-order valence-corrected chi connectivity index (χ2v) is 7.50. The lowest BCUT2D eigenvalue weighted by molar-refractivity contribution is 0.103. The molecule has 0 atom stereocenters. The van der Waals surface area contributed by atoms with E-state index >= 15 is 0 Å². The Bertz CT molecular complexity index is 914. The van der Waals surface area contributed by atoms with Gasteiger partial charge >= 0.3 is 0 Å². The van der Waals surface area contributed by atoms with E-state index in [1.807, 2.05) is 49.4 Å². The first-order valence-corrected chi connectivity index (χ1v) is 9.71. The third-order valence-corrected chi connectivity index (χ3v) is 5.80. The molecular formula is C21H21N3OS. The molecule has 0 saturated carbocycles. The van der Waals surface area contributed by atoms with E-state index in [0.29, 0.717) is 4.88 Å². The number of anilines is 2. The van der Waals surface area contributed by atoms with Crippen LogP contribution in [0.4, 0.5) is 11.4 Å². The van der Waals surface area contributed by atoms with E-state index < -0.39 is 0 Å². The van der Waals surface area contributed by atoms with Crippen LogP contribution >= 0.6 is 11.3 Å². The minimum atomic E-state index is -0.0965. The van der Waals surface area contributed by atoms with Gasteiger partial charge in [0.05, 0.1) is 5.69 Å². The van der Waals surface area contributed by atoms with Gasteiger partial charge in [0.1, 0.15) is 9.88 Å². The van der Waals surface area contributed by atoms with Crippen molar-refractivity contribution in [3.8, 4) is 10.6 Å². The number of aromatic nitrogens is 1. The summed E-state index contributed by atoms with van der Waals surface area (Å²) in [5.41, 5.74) is 3.80. The maximum atomic E-state index is 12.8. The minimum Gasteiger partial charge on any atom is -0.371 e. The van der Waals surface area contributed by atoms with E-state index in [2.05, 4.69) is 27.3 Å². The number of hydrogen-bond donors (Lipinski definition) is 1. The standard InChI is InChI=1S/C21H21N3OS/c1-15-19(26-21(22-15)16-8-3-2-4-9-16)20(25)23-17-10-7-11-18(14-17)24-12-5-6-13-24/h2-4,7-11,14H,5-6,12-13H2,1H3,(H,23,25). The molecule has 4 rings (SSSR count). The highest BCUT2D eigenvalue weighted by atomic mass is 32.1. The number of nitrogens with zero attached hydrogens (tertiary/aromatic N) is 2. The van der Waals surface area contributed by atoms with Crippen molar-refractivity contribution in [2.75, 3.05) is 23.3 Å². The molecule has 0 aliphatic carbocycles. The minimum absolute atomic E-state index is 0.0965. The number of hydrogen-bond acceptors (Lipinski definition) is 4. The second kappa shape index (κ2) is 7.30. The first-order valence-electron chi connectivity index (χ1n) is 8.90. The van der Waals surface area contributed by atoms with Crippen LogP contribution < -0.4 is 10.2 Å². The molecule has 2 aromatic carbocycles. The maximum absolute atomic E-state index is 12.8. The van der Waals surface area contributed by atoms with Crippen LogP contribution in [0.1, 0.15) is 28.2 Å². The quantitative estimate of drug-likeness (QED) is 0.712. The average molecular weight is 363 g/mol. The van der Waals surface area contributed by atoms with Gasteiger partial charge in [-0.25, -0.2) is 4.98 Å². The smallest absolute Gasteiger partial charge is 0.267 e. The SMILES string of the molecule is Cc1nc(-c2ccccc2)sc1C(=O)Nc1cccc(N2CCCC2)c1. The highest BCUT2D eigenvalue weighted by molar-refractivity contribution is 7.17. The predicted molar refractivity (Wildman–Crippen MR) is 108 cm³/mol. The number of carbonyl (C=O) groups excluding carboxylic acids is 1. The Kier molecular flexibility index (Phi) is 4.71. The van der Waals surface area contributed by atoms with Gasteiger partial charge in [-0.2, -0.15) is 0 Å². The van der Waals surface area contributed by atoms with Crippen LogP contribution in [0.5, 0.6) is 0 Å². The Hall–Kier alpha value is -2.66. The normalized spacial score (nSPS) is 13.8. The van der Waals surface area contributed by atoms with Gasteiger partial charge in [0.2, 0.25) is 0 Å². The molecule has 1 aliphatic heterocycles. The van der Waals surface area contributed by atoms with Crippen molar-refractivity contribution >= 4 is 28.6 Å². The molecule has 2 heterocycles. The summed E-state index contributed by atoms with van der Waals surface area (Å²) in [7, 11) is 0. The van der Waals surface area contributed by atoms with Crippen molar-refractivity contribution in [3.05, 3.63) is 65.2 Å². The zero-order valence-corrected chi connectivity index (χ0v) is 15.6. The van der Waals surface area contributed by atoms with E-state index in [1.54, 1.807) is 0 Å². The van der Waals surface area contributed by atoms with Gasteiger partial charge in [-0.3, -0.25) is 4.79 Å². The molecular weight excluding hydrogens is 342 g/mol. The van der Waals surface area contributed by atoms with Crippen LogP contribution in [0.3, 0.4) is 0 Å². The lowest BCUT2D eigenvalue weighted by atomic mass is 10.2. The van der Waals surface area contributed by atoms with E-state index in [0.717, 1.165) is 35.0 Å². The lowest BCUT2D eigenvalue weighted by Crippen LogP contribution is -2.18. The predicted octanol–water partition coefficient (Wildman–Crippen LogP) is 4.97. The summed E-state index contributed by atoms with van der Waals surface area (Å²) < 4.78 is 0. The highest BCUT2D eigenvalue weighted by Gasteiger charge is 2.17. The van der Waals surface area contributed by atoms with Crippen molar-refractivity contribution in [1.82, 2.24) is 4.98 Å². The van der Waals surface area contributed by atoms with E-state index in [9.17, 15) is 4.79 Å². The molecule has 132 valence electrons. The molecule has 3 aromatic rings. The monoisotopic (exact) mass is 363 g/mol. The number of aryl methyl sites for hydroxylation is 1. The third-order valence-electron chi connectivity index (χ3n) is 4.60. The van der Waals surface area contributed by atoms with Crippen molar-refractivity contribution < 1.29 is 4.79 Å². The van der Waals surface area contributed by atoms with E-state index in [-0.39, 0.29) is 5.91 Å². The zero-order valence-electron chi connectivity index (χ0n) is 14.7. The van der Waals surface area contributed by atoms with Crippen LogP contribution in [0.25, 0.3) is 10.6 Å². The maximum Gasteiger partial charge on any atom is 0.267 e. The van der Waals surface area contributed by atoms with Gasteiger partial charge in [-0.15, -0.1) is 11.3 Å². The van der Waals surface area contributed by atoms with Crippen LogP contribution in [-0.2, 0) is 0 Å². The van der Waals surface area contributed by atoms with Gasteiger partial charge in [-0.1, -0.05) is 36.4 Å². The van der Waals surface area contributed by atoms with Crippen LogP contribution in [0.2, 0.25) is 0 Å². The number of nitrogens with one attached hydrogen (secondary N) is 1. The molecule has 1 amide bonds. The second-order valence-electron chi connectivity index (χ2n) is 6.50. The Morgan fingerprint density at radius 2 is 1.85 bits per heavy atom. The Morgan fingerprint density at radius 1 is 1.08 bits per heavy atom. The molecule has 0 unspecified atom stereocenters. The van der Waals surface area contributed by atoms with Crippen LogP contribution in [-0.4, -0.2) is 24.0 Å². The molecule has 0 bridgehead atoms. The molecule has 26 heavy (non-hydrogen) atoms. The molecule has 1 fully saturated rings. The van der Waals surface area contributed by atoms with Crippen molar-refractivity contribution in [2.45, 2.75) is 19.8 Å². The number of amides is 1. The van der Waals surface area contributed by atoms with Gasteiger partial charge in [0.15, 0.2) is 0 Å². The summed E-state index contributed by atoms with van der Waals surface area (Å²) in [6.07, 6.45) is 2.47. The molecule has 4 nitrogen and oxygen atoms in total. The summed E-state index contributed by atoms with van der Waals surface area (Å²) in [4.78, 5) is 20.4. The number of carbonyl (C=O) groups is 1. The number of benzene rings is 2. The fraction of sp³-hybridized carbons (Fsp3) is 0.238. The fourth-order valence-electron chi connectivity index (χ4n) is 3.25. The number of rotatable bonds is 4. The van der Waals surface area contributed by atoms with E-state index in [1.165, 1.54) is 29.9 Å². The summed E-state index contributed by atoms with van der Waals surface area (Å²) in [6.45, 7) is 4.07. The molecule has 0 spiro atoms. The molecule has 0 radical (unpaired) electrons. The largest absolute Gasteiger partial charge is 0.371 e. The van der Waals surface area contributed by atoms with E-state index in [4.69, 9.17) is 0 Å². The summed E-state index contributed by atoms with van der Waals surface area (Å²) >= 11 is 1.44. The van der Waals surface area contributed by atoms with Gasteiger partial charge < -0.3 is 10.2 Å². The van der Waals surface area contributed by atoms with Gasteiger partial charge in [0.25, 0.3) is 5.91 Å². The molecule has 1 N–H and O–H groups in total. The Balaban J connectivity index is 1.53. The Morgan fingerprint density at radius 3 is 2.62 bits per heavy atom. The lowest BCUT2D eigenvalue weighted by Gasteiger charge is -2.18. The average Bonchev–Trinajstić information content (AvgIpc) is 3.32. The summed E-state index contributed by atoms with van der Waals surface area (Å²) in [5, 5.41) is 3.91. The molecule has 1 aromatic heterocycles. The molecule has 1 aliphatic rings. The zero-order chi connectivity index (χ0) is 17.9. The van der Waals surface area contributed by atoms with Crippen molar-refractivity contribution in [1.29, 1.82) is 0 Å². The molecule has 1 saturated heterocycles. The third kappa shape index (κ3) is 3.48. The number of thiazole rings is 1. The van der Waals surface area contributed by atoms with Gasteiger partial charge in [0, 0.05) is 30.0 Å². The summed E-state index contributed by atoms with van der Waals surface area (Å²) in [6, 6.07) is 18.1. The van der Waals surface area contributed by atoms with Crippen LogP contribution in [0.15, 0.2) is 54.6 Å². The first kappa shape index (κ1) is 16.8. The fourth-order valence-corrected chi connectivity index (χ4v) is 4.22. The van der Waals surface area contributed by atoms with Crippen LogP contribution in [0, 0.1) is 6.92 Å². The molecule has 5 heteroatoms. The van der Waals surface area contributed by atoms with Crippen molar-refractivity contribution in [2.24, 2.45) is 0 Å². The first-order chi connectivity index (χ1) is 12.7. The van der Waals surface area contributed by atoms with Crippen molar-refractivity contribution in [3.63, 3.8) is 0 Å².